The summed E-state index contributed by atoms with van der Waals surface area (Å²) in [6.45, 7) is 1.58. The molecule has 0 aliphatic carbocycles. The van der Waals surface area contributed by atoms with Gasteiger partial charge in [-0.05, 0) is 30.7 Å². The zero-order chi connectivity index (χ0) is 13.1. The second kappa shape index (κ2) is 6.79. The van der Waals surface area contributed by atoms with E-state index in [4.69, 9.17) is 4.74 Å². The number of ether oxygens (including phenoxy) is 1. The summed E-state index contributed by atoms with van der Waals surface area (Å²) in [7, 11) is 1.95. The summed E-state index contributed by atoms with van der Waals surface area (Å²) >= 11 is 0. The number of nitrogens with one attached hydrogen (secondary N) is 1. The minimum Gasteiger partial charge on any atom is -0.372 e. The predicted molar refractivity (Wildman–Crippen MR) is 81.0 cm³/mol. The average molecular weight is 292 g/mol. The minimum absolute atomic E-state index is 0. The first-order valence-electron chi connectivity index (χ1n) is 6.55. The third kappa shape index (κ3) is 2.82. The standard InChI is InChI=1S/C15H17N3O.ClH/c1-16-10-14-12-4-2-5-13(11(12)6-9-19-14)15-17-7-3-8-18-15;/h2-5,7-8,14,16H,6,9-10H2,1H3;1H/t14-;/m0./s1. The molecular formula is C15H18ClN3O. The zero-order valence-electron chi connectivity index (χ0n) is 11.4. The van der Waals surface area contributed by atoms with Crippen molar-refractivity contribution in [1.29, 1.82) is 0 Å². The van der Waals surface area contributed by atoms with Crippen molar-refractivity contribution in [2.24, 2.45) is 0 Å². The summed E-state index contributed by atoms with van der Waals surface area (Å²) in [6.07, 6.45) is 4.61. The Labute approximate surface area is 125 Å². The molecular weight excluding hydrogens is 274 g/mol. The largest absolute Gasteiger partial charge is 0.372 e. The van der Waals surface area contributed by atoms with E-state index < -0.39 is 0 Å². The van der Waals surface area contributed by atoms with E-state index in [0.29, 0.717) is 0 Å². The number of halogens is 1. The van der Waals surface area contributed by atoms with Gasteiger partial charge in [-0.1, -0.05) is 18.2 Å². The van der Waals surface area contributed by atoms with Gasteiger partial charge in [-0.2, -0.15) is 0 Å². The zero-order valence-corrected chi connectivity index (χ0v) is 12.2. The Morgan fingerprint density at radius 3 is 2.80 bits per heavy atom. The van der Waals surface area contributed by atoms with E-state index in [2.05, 4.69) is 33.5 Å². The Bertz CT molecular complexity index is 562. The quantitative estimate of drug-likeness (QED) is 0.943. The van der Waals surface area contributed by atoms with Crippen molar-refractivity contribution < 1.29 is 4.74 Å². The Morgan fingerprint density at radius 1 is 1.25 bits per heavy atom. The fourth-order valence-electron chi connectivity index (χ4n) is 2.58. The number of hydrogen-bond acceptors (Lipinski definition) is 4. The lowest BCUT2D eigenvalue weighted by Crippen LogP contribution is -2.25. The molecule has 0 fully saturated rings. The lowest BCUT2D eigenvalue weighted by molar-refractivity contribution is 0.0440. The molecule has 0 spiro atoms. The van der Waals surface area contributed by atoms with Crippen molar-refractivity contribution in [2.75, 3.05) is 20.2 Å². The maximum Gasteiger partial charge on any atom is 0.159 e. The lowest BCUT2D eigenvalue weighted by atomic mass is 9.92. The van der Waals surface area contributed by atoms with Crippen LogP contribution in [0.2, 0.25) is 0 Å². The van der Waals surface area contributed by atoms with E-state index in [1.54, 1.807) is 12.4 Å². The Kier molecular flexibility index (Phi) is 5.06. The molecule has 106 valence electrons. The van der Waals surface area contributed by atoms with Crippen LogP contribution in [0, 0.1) is 0 Å². The molecule has 20 heavy (non-hydrogen) atoms. The fraction of sp³-hybridized carbons (Fsp3) is 0.333. The second-order valence-corrected chi connectivity index (χ2v) is 4.61. The molecule has 1 aromatic heterocycles. The smallest absolute Gasteiger partial charge is 0.159 e. The average Bonchev–Trinajstić information content (AvgIpc) is 2.48. The van der Waals surface area contributed by atoms with Crippen molar-refractivity contribution in [3.05, 3.63) is 47.8 Å². The van der Waals surface area contributed by atoms with E-state index in [1.165, 1.54) is 11.1 Å². The number of nitrogens with zero attached hydrogens (tertiary/aromatic N) is 2. The minimum atomic E-state index is 0. The molecule has 0 radical (unpaired) electrons. The van der Waals surface area contributed by atoms with Gasteiger partial charge in [0.2, 0.25) is 0 Å². The van der Waals surface area contributed by atoms with Crippen molar-refractivity contribution in [2.45, 2.75) is 12.5 Å². The summed E-state index contributed by atoms with van der Waals surface area (Å²) in [5.41, 5.74) is 3.70. The van der Waals surface area contributed by atoms with Crippen molar-refractivity contribution in [3.8, 4) is 11.4 Å². The van der Waals surface area contributed by atoms with Crippen LogP contribution in [0.5, 0.6) is 0 Å². The molecule has 2 aromatic rings. The van der Waals surface area contributed by atoms with Crippen LogP contribution in [0.1, 0.15) is 17.2 Å². The van der Waals surface area contributed by atoms with Gasteiger partial charge in [0, 0.05) is 24.5 Å². The summed E-state index contributed by atoms with van der Waals surface area (Å²) in [6, 6.07) is 8.13. The molecule has 0 amide bonds. The van der Waals surface area contributed by atoms with Gasteiger partial charge >= 0.3 is 0 Å². The highest BCUT2D eigenvalue weighted by Gasteiger charge is 2.23. The topological polar surface area (TPSA) is 47.0 Å². The molecule has 5 heteroatoms. The predicted octanol–water partition coefficient (Wildman–Crippen LogP) is 2.40. The van der Waals surface area contributed by atoms with Crippen LogP contribution in [0.15, 0.2) is 36.7 Å². The van der Waals surface area contributed by atoms with Crippen LogP contribution >= 0.6 is 12.4 Å². The van der Waals surface area contributed by atoms with Gasteiger partial charge in [-0.25, -0.2) is 9.97 Å². The molecule has 1 aromatic carbocycles. The van der Waals surface area contributed by atoms with E-state index >= 15 is 0 Å². The summed E-state index contributed by atoms with van der Waals surface area (Å²) in [5, 5.41) is 3.18. The highest BCUT2D eigenvalue weighted by molar-refractivity contribution is 5.85. The van der Waals surface area contributed by atoms with E-state index in [0.717, 1.165) is 31.0 Å². The maximum absolute atomic E-state index is 5.83. The summed E-state index contributed by atoms with van der Waals surface area (Å²) in [5.74, 6) is 0.796. The van der Waals surface area contributed by atoms with Crippen LogP contribution in [0.3, 0.4) is 0 Å². The van der Waals surface area contributed by atoms with E-state index in [-0.39, 0.29) is 18.5 Å². The van der Waals surface area contributed by atoms with Crippen LogP contribution in [-0.4, -0.2) is 30.2 Å². The Morgan fingerprint density at radius 2 is 2.05 bits per heavy atom. The van der Waals surface area contributed by atoms with Gasteiger partial charge in [0.05, 0.1) is 12.7 Å². The normalized spacial score (nSPS) is 17.1. The molecule has 0 bridgehead atoms. The molecule has 1 aliphatic heterocycles. The first-order chi connectivity index (χ1) is 9.40. The molecule has 4 nitrogen and oxygen atoms in total. The number of hydrogen-bond donors (Lipinski definition) is 1. The van der Waals surface area contributed by atoms with Gasteiger partial charge in [-0.3, -0.25) is 0 Å². The molecule has 2 heterocycles. The summed E-state index contributed by atoms with van der Waals surface area (Å²) < 4.78 is 5.83. The van der Waals surface area contributed by atoms with Gasteiger partial charge in [0.15, 0.2) is 5.82 Å². The molecule has 1 aliphatic rings. The molecule has 3 rings (SSSR count). The van der Waals surface area contributed by atoms with Crippen molar-refractivity contribution in [3.63, 3.8) is 0 Å². The maximum atomic E-state index is 5.83. The second-order valence-electron chi connectivity index (χ2n) is 4.61. The number of benzene rings is 1. The monoisotopic (exact) mass is 291 g/mol. The molecule has 0 saturated heterocycles. The molecule has 0 unspecified atom stereocenters. The van der Waals surface area contributed by atoms with Crippen molar-refractivity contribution in [1.82, 2.24) is 15.3 Å². The molecule has 0 saturated carbocycles. The first kappa shape index (κ1) is 14.9. The van der Waals surface area contributed by atoms with E-state index in [1.807, 2.05) is 13.1 Å². The van der Waals surface area contributed by atoms with Crippen LogP contribution in [0.25, 0.3) is 11.4 Å². The van der Waals surface area contributed by atoms with E-state index in [9.17, 15) is 0 Å². The van der Waals surface area contributed by atoms with Gasteiger partial charge in [0.1, 0.15) is 0 Å². The highest BCUT2D eigenvalue weighted by Crippen LogP contribution is 2.32. The third-order valence-electron chi connectivity index (χ3n) is 3.43. The number of fused-ring (bicyclic) bond motifs is 1. The SMILES string of the molecule is CNC[C@@H]1OCCc2c(-c3ncccn3)cccc21.Cl. The highest BCUT2D eigenvalue weighted by atomic mass is 35.5. The number of likely N-dealkylation sites (N-methyl/N-ethyl adjacent to an activating group) is 1. The van der Waals surface area contributed by atoms with Crippen LogP contribution in [0.4, 0.5) is 0 Å². The summed E-state index contributed by atoms with van der Waals surface area (Å²) in [4.78, 5) is 8.72. The fourth-order valence-corrected chi connectivity index (χ4v) is 2.58. The lowest BCUT2D eigenvalue weighted by Gasteiger charge is -2.27. The third-order valence-corrected chi connectivity index (χ3v) is 3.43. The number of aromatic nitrogens is 2. The van der Waals surface area contributed by atoms with Gasteiger partial charge in [-0.15, -0.1) is 12.4 Å². The van der Waals surface area contributed by atoms with Crippen LogP contribution < -0.4 is 5.32 Å². The van der Waals surface area contributed by atoms with Gasteiger partial charge in [0.25, 0.3) is 0 Å². The van der Waals surface area contributed by atoms with Crippen LogP contribution in [-0.2, 0) is 11.2 Å². The Hall–Kier alpha value is -1.49. The molecule has 1 atom stereocenters. The van der Waals surface area contributed by atoms with Crippen molar-refractivity contribution >= 4 is 12.4 Å². The Balaban J connectivity index is 0.00000147. The number of rotatable bonds is 3. The first-order valence-corrected chi connectivity index (χ1v) is 6.55. The molecule has 1 N–H and O–H groups in total. The van der Waals surface area contributed by atoms with Gasteiger partial charge < -0.3 is 10.1 Å².